The van der Waals surface area contributed by atoms with Crippen LogP contribution in [0.25, 0.3) is 0 Å². The van der Waals surface area contributed by atoms with Crippen molar-refractivity contribution in [1.82, 2.24) is 0 Å². The molecule has 0 heterocycles. The van der Waals surface area contributed by atoms with E-state index in [4.69, 9.17) is 0 Å². The molecule has 2 aromatic carbocycles. The first-order valence-corrected chi connectivity index (χ1v) is 7.15. The molecule has 0 fully saturated rings. The minimum atomic E-state index is -0.0359. The molecule has 1 nitrogen and oxygen atoms in total. The zero-order valence-electron chi connectivity index (χ0n) is 10.3. The first-order chi connectivity index (χ1) is 8.72. The maximum absolute atomic E-state index is 12.5. The van der Waals surface area contributed by atoms with Gasteiger partial charge >= 0.3 is 0 Å². The number of halogens is 1. The monoisotopic (exact) mass is 350 g/mol. The molecule has 92 valence electrons. The van der Waals surface area contributed by atoms with Gasteiger partial charge in [-0.25, -0.2) is 0 Å². The van der Waals surface area contributed by atoms with E-state index in [1.165, 1.54) is 0 Å². The van der Waals surface area contributed by atoms with Gasteiger partial charge in [0, 0.05) is 15.1 Å². The van der Waals surface area contributed by atoms with Crippen molar-refractivity contribution in [3.8, 4) is 0 Å². The summed E-state index contributed by atoms with van der Waals surface area (Å²) in [7, 11) is 0. The topological polar surface area (TPSA) is 17.1 Å². The van der Waals surface area contributed by atoms with Gasteiger partial charge in [-0.15, -0.1) is 0 Å². The molecule has 2 aromatic rings. The van der Waals surface area contributed by atoms with Crippen molar-refractivity contribution in [3.05, 3.63) is 69.3 Å². The van der Waals surface area contributed by atoms with E-state index in [2.05, 4.69) is 29.5 Å². The molecule has 0 saturated heterocycles. The van der Waals surface area contributed by atoms with E-state index in [0.717, 1.165) is 21.1 Å². The Hall–Kier alpha value is -1.16. The van der Waals surface area contributed by atoms with Gasteiger partial charge in [-0.1, -0.05) is 49.4 Å². The van der Waals surface area contributed by atoms with Crippen molar-refractivity contribution >= 4 is 28.4 Å². The van der Waals surface area contributed by atoms with Crippen LogP contribution in [-0.2, 0) is 0 Å². The lowest BCUT2D eigenvalue weighted by molar-refractivity contribution is 0.0957. The number of rotatable bonds is 4. The highest BCUT2D eigenvalue weighted by atomic mass is 127. The summed E-state index contributed by atoms with van der Waals surface area (Å²) >= 11 is 2.25. The predicted molar refractivity (Wildman–Crippen MR) is 83.0 cm³/mol. The first-order valence-electron chi connectivity index (χ1n) is 6.07. The van der Waals surface area contributed by atoms with Crippen LogP contribution >= 0.6 is 22.6 Å². The molecule has 0 spiro atoms. The summed E-state index contributed by atoms with van der Waals surface area (Å²) in [4.78, 5) is 12.5. The highest BCUT2D eigenvalue weighted by Crippen LogP contribution is 2.24. The second-order valence-electron chi connectivity index (χ2n) is 4.24. The molecule has 0 aliphatic carbocycles. The number of benzene rings is 2. The fourth-order valence-corrected chi connectivity index (χ4v) is 2.43. The number of Topliss-reactive ketones (excluding diaryl/α,β-unsaturated/α-hetero) is 1. The normalized spacial score (nSPS) is 12.1. The second-order valence-corrected chi connectivity index (χ2v) is 5.49. The SMILES string of the molecule is CCC(C(=O)c1ccc(I)cc1)c1ccccc1. The first kappa shape index (κ1) is 13.3. The minimum Gasteiger partial charge on any atom is -0.293 e. The molecule has 18 heavy (non-hydrogen) atoms. The quantitative estimate of drug-likeness (QED) is 0.579. The number of hydrogen-bond donors (Lipinski definition) is 0. The molecule has 0 radical (unpaired) electrons. The van der Waals surface area contributed by atoms with Crippen LogP contribution in [0.2, 0.25) is 0 Å². The molecule has 0 saturated carbocycles. The van der Waals surface area contributed by atoms with Crippen LogP contribution in [0.15, 0.2) is 54.6 Å². The van der Waals surface area contributed by atoms with Gasteiger partial charge in [-0.05, 0) is 46.7 Å². The Morgan fingerprint density at radius 1 is 1.06 bits per heavy atom. The Bertz CT molecular complexity index is 517. The Morgan fingerprint density at radius 3 is 2.22 bits per heavy atom. The summed E-state index contributed by atoms with van der Waals surface area (Å²) in [5.74, 6) is 0.173. The van der Waals surface area contributed by atoms with E-state index >= 15 is 0 Å². The molecular weight excluding hydrogens is 335 g/mol. The number of carbonyl (C=O) groups is 1. The zero-order chi connectivity index (χ0) is 13.0. The highest BCUT2D eigenvalue weighted by molar-refractivity contribution is 14.1. The van der Waals surface area contributed by atoms with Gasteiger partial charge in [0.15, 0.2) is 5.78 Å². The summed E-state index contributed by atoms with van der Waals surface area (Å²) in [5.41, 5.74) is 1.90. The fraction of sp³-hybridized carbons (Fsp3) is 0.188. The second kappa shape index (κ2) is 6.14. The third kappa shape index (κ3) is 2.99. The standard InChI is InChI=1S/C16H15IO/c1-2-15(12-6-4-3-5-7-12)16(18)13-8-10-14(17)11-9-13/h3-11,15H,2H2,1H3. The Morgan fingerprint density at radius 2 is 1.67 bits per heavy atom. The average molecular weight is 350 g/mol. The van der Waals surface area contributed by atoms with Crippen LogP contribution in [-0.4, -0.2) is 5.78 Å². The lowest BCUT2D eigenvalue weighted by atomic mass is 9.89. The van der Waals surface area contributed by atoms with Crippen LogP contribution in [0.1, 0.15) is 35.2 Å². The summed E-state index contributed by atoms with van der Waals surface area (Å²) < 4.78 is 1.15. The number of carbonyl (C=O) groups excluding carboxylic acids is 1. The van der Waals surface area contributed by atoms with Crippen LogP contribution in [0.4, 0.5) is 0 Å². The van der Waals surface area contributed by atoms with E-state index < -0.39 is 0 Å². The Kier molecular flexibility index (Phi) is 4.53. The third-order valence-electron chi connectivity index (χ3n) is 3.06. The summed E-state index contributed by atoms with van der Waals surface area (Å²) in [5, 5.41) is 0. The van der Waals surface area contributed by atoms with Crippen molar-refractivity contribution in [2.45, 2.75) is 19.3 Å². The number of hydrogen-bond acceptors (Lipinski definition) is 1. The molecule has 0 aromatic heterocycles. The maximum atomic E-state index is 12.5. The molecule has 1 atom stereocenters. The van der Waals surface area contributed by atoms with Crippen molar-refractivity contribution in [1.29, 1.82) is 0 Å². The van der Waals surface area contributed by atoms with Crippen molar-refractivity contribution in [2.75, 3.05) is 0 Å². The largest absolute Gasteiger partial charge is 0.293 e. The lowest BCUT2D eigenvalue weighted by Crippen LogP contribution is -2.12. The predicted octanol–water partition coefficient (Wildman–Crippen LogP) is 4.67. The van der Waals surface area contributed by atoms with Gasteiger partial charge in [-0.3, -0.25) is 4.79 Å². The van der Waals surface area contributed by atoms with Gasteiger partial charge < -0.3 is 0 Å². The molecule has 1 unspecified atom stereocenters. The van der Waals surface area contributed by atoms with Crippen molar-refractivity contribution in [3.63, 3.8) is 0 Å². The molecule has 0 N–H and O–H groups in total. The summed E-state index contributed by atoms with van der Waals surface area (Å²) in [6, 6.07) is 17.8. The van der Waals surface area contributed by atoms with Gasteiger partial charge in [0.2, 0.25) is 0 Å². The number of ketones is 1. The molecule has 0 bridgehead atoms. The average Bonchev–Trinajstić information content (AvgIpc) is 2.41. The van der Waals surface area contributed by atoms with Gasteiger partial charge in [0.1, 0.15) is 0 Å². The lowest BCUT2D eigenvalue weighted by Gasteiger charge is -2.14. The van der Waals surface area contributed by atoms with Gasteiger partial charge in [-0.2, -0.15) is 0 Å². The van der Waals surface area contributed by atoms with Crippen LogP contribution in [0, 0.1) is 3.57 Å². The molecule has 0 amide bonds. The molecule has 0 aliphatic rings. The van der Waals surface area contributed by atoms with Gasteiger partial charge in [0.25, 0.3) is 0 Å². The Balaban J connectivity index is 2.28. The molecule has 2 heteroatoms. The maximum Gasteiger partial charge on any atom is 0.170 e. The van der Waals surface area contributed by atoms with E-state index in [1.807, 2.05) is 54.6 Å². The minimum absolute atomic E-state index is 0.0359. The molecule has 0 aliphatic heterocycles. The van der Waals surface area contributed by atoms with E-state index in [1.54, 1.807) is 0 Å². The van der Waals surface area contributed by atoms with Gasteiger partial charge in [0.05, 0.1) is 0 Å². The third-order valence-corrected chi connectivity index (χ3v) is 3.77. The van der Waals surface area contributed by atoms with E-state index in [0.29, 0.717) is 0 Å². The van der Waals surface area contributed by atoms with Crippen LogP contribution < -0.4 is 0 Å². The van der Waals surface area contributed by atoms with Crippen LogP contribution in [0.3, 0.4) is 0 Å². The summed E-state index contributed by atoms with van der Waals surface area (Å²) in [6.45, 7) is 2.06. The van der Waals surface area contributed by atoms with E-state index in [-0.39, 0.29) is 11.7 Å². The van der Waals surface area contributed by atoms with Crippen LogP contribution in [0.5, 0.6) is 0 Å². The Labute approximate surface area is 121 Å². The van der Waals surface area contributed by atoms with E-state index in [9.17, 15) is 4.79 Å². The van der Waals surface area contributed by atoms with Crippen molar-refractivity contribution < 1.29 is 4.79 Å². The zero-order valence-corrected chi connectivity index (χ0v) is 12.4. The fourth-order valence-electron chi connectivity index (χ4n) is 2.07. The molecular formula is C16H15IO. The summed E-state index contributed by atoms with van der Waals surface area (Å²) in [6.07, 6.45) is 0.828. The smallest absolute Gasteiger partial charge is 0.170 e. The molecule has 2 rings (SSSR count). The van der Waals surface area contributed by atoms with Crippen molar-refractivity contribution in [2.24, 2.45) is 0 Å². The highest BCUT2D eigenvalue weighted by Gasteiger charge is 2.19.